The highest BCUT2D eigenvalue weighted by Crippen LogP contribution is 2.39. The molecule has 32 heavy (non-hydrogen) atoms. The Bertz CT molecular complexity index is 1180. The third-order valence-corrected chi connectivity index (χ3v) is 5.55. The summed E-state index contributed by atoms with van der Waals surface area (Å²) in [7, 11) is 0. The van der Waals surface area contributed by atoms with E-state index in [1.165, 1.54) is 13.8 Å². The van der Waals surface area contributed by atoms with Crippen LogP contribution in [0.1, 0.15) is 37.7 Å². The van der Waals surface area contributed by atoms with Crippen LogP contribution in [0.4, 0.5) is 11.5 Å². The Morgan fingerprint density at radius 3 is 2.53 bits per heavy atom. The van der Waals surface area contributed by atoms with Crippen molar-refractivity contribution >= 4 is 34.9 Å². The van der Waals surface area contributed by atoms with Gasteiger partial charge < -0.3 is 9.64 Å². The van der Waals surface area contributed by atoms with Gasteiger partial charge in [0.2, 0.25) is 11.8 Å². The third-order valence-electron chi connectivity index (χ3n) is 5.32. The summed E-state index contributed by atoms with van der Waals surface area (Å²) in [6, 6.07) is 14.2. The van der Waals surface area contributed by atoms with Crippen LogP contribution in [0.2, 0.25) is 5.02 Å². The number of carbonyl (C=O) groups excluding carboxylic acids is 2. The van der Waals surface area contributed by atoms with Gasteiger partial charge in [-0.25, -0.2) is 9.97 Å². The van der Waals surface area contributed by atoms with Gasteiger partial charge in [0.25, 0.3) is 0 Å². The van der Waals surface area contributed by atoms with Crippen molar-refractivity contribution in [1.29, 1.82) is 0 Å². The Balaban J connectivity index is 1.71. The van der Waals surface area contributed by atoms with Crippen LogP contribution in [0.15, 0.2) is 54.7 Å². The summed E-state index contributed by atoms with van der Waals surface area (Å²) in [6.45, 7) is 5.28. The Morgan fingerprint density at radius 2 is 1.84 bits per heavy atom. The number of halogens is 1. The minimum absolute atomic E-state index is 0.0888. The van der Waals surface area contributed by atoms with Gasteiger partial charge >= 0.3 is 0 Å². The summed E-state index contributed by atoms with van der Waals surface area (Å²) >= 11 is 6.06. The Morgan fingerprint density at radius 1 is 1.12 bits per heavy atom. The number of carbonyl (C=O) groups is 2. The summed E-state index contributed by atoms with van der Waals surface area (Å²) in [5, 5.41) is 0.577. The van der Waals surface area contributed by atoms with Crippen molar-refractivity contribution in [3.05, 3.63) is 71.1 Å². The number of amides is 2. The fourth-order valence-corrected chi connectivity index (χ4v) is 4.13. The summed E-state index contributed by atoms with van der Waals surface area (Å²) in [5.41, 5.74) is 1.43. The fraction of sp³-hybridized carbons (Fsp3) is 0.250. The first-order valence-electron chi connectivity index (χ1n) is 10.3. The number of ether oxygens (including phenoxy) is 1. The van der Waals surface area contributed by atoms with Gasteiger partial charge in [0.15, 0.2) is 0 Å². The summed E-state index contributed by atoms with van der Waals surface area (Å²) in [4.78, 5) is 37.1. The van der Waals surface area contributed by atoms with Crippen LogP contribution in [0.3, 0.4) is 0 Å². The Labute approximate surface area is 191 Å². The maximum absolute atomic E-state index is 12.8. The molecule has 2 amide bonds. The topological polar surface area (TPSA) is 75.6 Å². The molecule has 1 atom stereocenters. The largest absolute Gasteiger partial charge is 0.457 e. The zero-order valence-electron chi connectivity index (χ0n) is 18.1. The monoisotopic (exact) mass is 450 g/mol. The molecule has 2 aromatic carbocycles. The Hall–Kier alpha value is -3.45. The number of rotatable bonds is 4. The number of nitrogens with zero attached hydrogens (tertiary/aromatic N) is 4. The summed E-state index contributed by atoms with van der Waals surface area (Å²) in [5.74, 6) is 2.10. The van der Waals surface area contributed by atoms with E-state index in [-0.39, 0.29) is 17.9 Å². The average molecular weight is 451 g/mol. The van der Waals surface area contributed by atoms with Gasteiger partial charge in [-0.05, 0) is 43.7 Å². The molecule has 8 heteroatoms. The molecule has 1 aliphatic rings. The van der Waals surface area contributed by atoms with Crippen LogP contribution >= 0.6 is 11.6 Å². The van der Waals surface area contributed by atoms with Gasteiger partial charge in [0.05, 0.1) is 6.04 Å². The lowest BCUT2D eigenvalue weighted by Crippen LogP contribution is -2.42. The fourth-order valence-electron chi connectivity index (χ4n) is 3.95. The van der Waals surface area contributed by atoms with Crippen molar-refractivity contribution in [3.8, 4) is 11.5 Å². The number of hydrogen-bond donors (Lipinski definition) is 0. The molecule has 3 aromatic rings. The van der Waals surface area contributed by atoms with E-state index in [0.29, 0.717) is 46.8 Å². The van der Waals surface area contributed by atoms with Crippen LogP contribution in [-0.4, -0.2) is 28.3 Å². The number of hydrogen-bond acceptors (Lipinski definition) is 5. The highest BCUT2D eigenvalue weighted by molar-refractivity contribution is 6.30. The zero-order valence-corrected chi connectivity index (χ0v) is 18.8. The van der Waals surface area contributed by atoms with Crippen LogP contribution in [-0.2, 0) is 9.59 Å². The standard InChI is InChI=1S/C24H23ClN4O3/c1-15-26-14-22-23(10-11-28(16(2)30)24(22)27-15)29(17(3)31)19-7-5-9-21(13-19)32-20-8-4-6-18(25)12-20/h4-9,12-14,23H,10-11H2,1-3H3. The molecular formula is C24H23ClN4O3. The van der Waals surface area contributed by atoms with E-state index in [2.05, 4.69) is 9.97 Å². The molecule has 2 heterocycles. The molecule has 1 aromatic heterocycles. The van der Waals surface area contributed by atoms with Gasteiger partial charge in [0, 0.05) is 48.9 Å². The second-order valence-electron chi connectivity index (χ2n) is 7.62. The van der Waals surface area contributed by atoms with Crippen molar-refractivity contribution in [1.82, 2.24) is 9.97 Å². The number of benzene rings is 2. The SMILES string of the molecule is CC(=O)N1CCC(N(C(C)=O)c2cccc(Oc3cccc(Cl)c3)c2)c2cnc(C)nc21. The number of fused-ring (bicyclic) bond motifs is 1. The van der Waals surface area contributed by atoms with E-state index in [1.807, 2.05) is 36.4 Å². The average Bonchev–Trinajstić information content (AvgIpc) is 2.73. The molecule has 1 unspecified atom stereocenters. The molecule has 164 valence electrons. The molecule has 1 aliphatic heterocycles. The molecule has 0 aliphatic carbocycles. The van der Waals surface area contributed by atoms with Crippen molar-refractivity contribution in [2.45, 2.75) is 33.2 Å². The van der Waals surface area contributed by atoms with Crippen molar-refractivity contribution < 1.29 is 14.3 Å². The minimum atomic E-state index is -0.305. The molecule has 0 saturated carbocycles. The van der Waals surface area contributed by atoms with E-state index in [1.54, 1.807) is 35.1 Å². The van der Waals surface area contributed by atoms with E-state index < -0.39 is 0 Å². The molecule has 7 nitrogen and oxygen atoms in total. The lowest BCUT2D eigenvalue weighted by molar-refractivity contribution is -0.117. The second kappa shape index (κ2) is 8.96. The zero-order chi connectivity index (χ0) is 22.8. The molecule has 0 spiro atoms. The van der Waals surface area contributed by atoms with Crippen LogP contribution in [0.5, 0.6) is 11.5 Å². The van der Waals surface area contributed by atoms with E-state index >= 15 is 0 Å². The van der Waals surface area contributed by atoms with E-state index in [0.717, 1.165) is 5.56 Å². The molecule has 0 N–H and O–H groups in total. The van der Waals surface area contributed by atoms with Gasteiger partial charge in [-0.2, -0.15) is 0 Å². The number of aromatic nitrogens is 2. The number of aryl methyl sites for hydroxylation is 1. The molecular weight excluding hydrogens is 428 g/mol. The molecule has 0 radical (unpaired) electrons. The van der Waals surface area contributed by atoms with Crippen LogP contribution < -0.4 is 14.5 Å². The predicted octanol–water partition coefficient (Wildman–Crippen LogP) is 5.08. The van der Waals surface area contributed by atoms with Crippen molar-refractivity contribution in [2.24, 2.45) is 0 Å². The normalized spacial score (nSPS) is 15.1. The first-order chi connectivity index (χ1) is 15.3. The highest BCUT2D eigenvalue weighted by Gasteiger charge is 2.34. The van der Waals surface area contributed by atoms with Crippen molar-refractivity contribution in [2.75, 3.05) is 16.3 Å². The van der Waals surface area contributed by atoms with Crippen LogP contribution in [0, 0.1) is 6.92 Å². The number of anilines is 2. The lowest BCUT2D eigenvalue weighted by Gasteiger charge is -2.38. The highest BCUT2D eigenvalue weighted by atomic mass is 35.5. The molecule has 0 fully saturated rings. The van der Waals surface area contributed by atoms with Gasteiger partial charge in [-0.3, -0.25) is 14.5 Å². The van der Waals surface area contributed by atoms with Crippen LogP contribution in [0.25, 0.3) is 0 Å². The minimum Gasteiger partial charge on any atom is -0.457 e. The van der Waals surface area contributed by atoms with Crippen molar-refractivity contribution in [3.63, 3.8) is 0 Å². The lowest BCUT2D eigenvalue weighted by atomic mass is 9.98. The van der Waals surface area contributed by atoms with Gasteiger partial charge in [-0.15, -0.1) is 0 Å². The maximum atomic E-state index is 12.8. The van der Waals surface area contributed by atoms with E-state index in [9.17, 15) is 9.59 Å². The summed E-state index contributed by atoms with van der Waals surface area (Å²) in [6.07, 6.45) is 2.28. The first kappa shape index (κ1) is 21.8. The van der Waals surface area contributed by atoms with Gasteiger partial charge in [0.1, 0.15) is 23.1 Å². The second-order valence-corrected chi connectivity index (χ2v) is 8.05. The van der Waals surface area contributed by atoms with Gasteiger partial charge in [-0.1, -0.05) is 23.7 Å². The smallest absolute Gasteiger partial charge is 0.225 e. The Kier molecular flexibility index (Phi) is 6.10. The third kappa shape index (κ3) is 4.43. The molecule has 0 saturated heterocycles. The first-order valence-corrected chi connectivity index (χ1v) is 10.7. The maximum Gasteiger partial charge on any atom is 0.225 e. The molecule has 0 bridgehead atoms. The van der Waals surface area contributed by atoms with E-state index in [4.69, 9.17) is 16.3 Å². The molecule has 4 rings (SSSR count). The quantitative estimate of drug-likeness (QED) is 0.554. The summed E-state index contributed by atoms with van der Waals surface area (Å²) < 4.78 is 5.95. The predicted molar refractivity (Wildman–Crippen MR) is 123 cm³/mol.